The van der Waals surface area contributed by atoms with Gasteiger partial charge in [-0.3, -0.25) is 4.79 Å². The highest BCUT2D eigenvalue weighted by atomic mass is 35.5. The number of rotatable bonds is 3. The minimum absolute atomic E-state index is 0.00930. The van der Waals surface area contributed by atoms with E-state index in [2.05, 4.69) is 14.3 Å². The Kier molecular flexibility index (Phi) is 5.89. The molecule has 0 bridgehead atoms. The smallest absolute Gasteiger partial charge is 0.377 e. The summed E-state index contributed by atoms with van der Waals surface area (Å²) in [6.07, 6.45) is -4.21. The van der Waals surface area contributed by atoms with Gasteiger partial charge >= 0.3 is 12.1 Å². The van der Waals surface area contributed by atoms with Crippen LogP contribution in [0.4, 0.5) is 19.0 Å². The lowest BCUT2D eigenvalue weighted by Crippen LogP contribution is -2.44. The third kappa shape index (κ3) is 5.51. The zero-order valence-electron chi connectivity index (χ0n) is 13.4. The van der Waals surface area contributed by atoms with Crippen LogP contribution in [-0.4, -0.2) is 58.3 Å². The average Bonchev–Trinajstić information content (AvgIpc) is 2.44. The molecule has 0 aromatic carbocycles. The Morgan fingerprint density at radius 1 is 1.52 bits per heavy atom. The van der Waals surface area contributed by atoms with E-state index in [1.165, 1.54) is 6.07 Å². The lowest BCUT2D eigenvalue weighted by molar-refractivity contribution is -0.169. The van der Waals surface area contributed by atoms with E-state index in [4.69, 9.17) is 16.3 Å². The predicted molar refractivity (Wildman–Crippen MR) is 85.9 cm³/mol. The Morgan fingerprint density at radius 2 is 2.20 bits per heavy atom. The summed E-state index contributed by atoms with van der Waals surface area (Å²) in [4.78, 5) is 20.8. The van der Waals surface area contributed by atoms with Crippen molar-refractivity contribution in [3.05, 3.63) is 17.0 Å². The summed E-state index contributed by atoms with van der Waals surface area (Å²) < 4.78 is 57.3. The van der Waals surface area contributed by atoms with Gasteiger partial charge < -0.3 is 9.64 Å². The Morgan fingerprint density at radius 3 is 2.80 bits per heavy atom. The van der Waals surface area contributed by atoms with Crippen LogP contribution in [0.1, 0.15) is 12.6 Å². The van der Waals surface area contributed by atoms with Crippen molar-refractivity contribution in [1.82, 2.24) is 9.97 Å². The standard InChI is InChI=1S/C13H16ClF3N4O3S/c1-8-6-24-4-3-21(8)10-5-9(18-12(14)19-10)7-25(2,23)20-11(22)13(15,16)17/h5,8H,3-4,6-7H2,1-2H3/t8-,25-/m1/s1. The van der Waals surface area contributed by atoms with Gasteiger partial charge in [-0.15, -0.1) is 0 Å². The molecule has 0 spiro atoms. The molecule has 7 nitrogen and oxygen atoms in total. The third-order valence-electron chi connectivity index (χ3n) is 3.33. The summed E-state index contributed by atoms with van der Waals surface area (Å²) in [5.74, 6) is -2.40. The summed E-state index contributed by atoms with van der Waals surface area (Å²) in [5.41, 5.74) is 0.139. The van der Waals surface area contributed by atoms with E-state index in [1.807, 2.05) is 11.8 Å². The molecule has 2 atom stereocenters. The number of nitrogens with zero attached hydrogens (tertiary/aromatic N) is 4. The molecule has 1 aliphatic rings. The fourth-order valence-corrected chi connectivity index (χ4v) is 3.68. The topological polar surface area (TPSA) is 84.8 Å². The van der Waals surface area contributed by atoms with Crippen molar-refractivity contribution in [2.75, 3.05) is 30.9 Å². The van der Waals surface area contributed by atoms with Crippen molar-refractivity contribution < 1.29 is 26.9 Å². The predicted octanol–water partition coefficient (Wildman–Crippen LogP) is 2.04. The number of halogens is 4. The summed E-state index contributed by atoms with van der Waals surface area (Å²) >= 11 is 5.87. The fraction of sp³-hybridized carbons (Fsp3) is 0.615. The number of amides is 1. The second kappa shape index (κ2) is 7.42. The van der Waals surface area contributed by atoms with Crippen LogP contribution in [0.15, 0.2) is 10.4 Å². The number of carbonyl (C=O) groups is 1. The third-order valence-corrected chi connectivity index (χ3v) is 4.89. The second-order valence-electron chi connectivity index (χ2n) is 5.60. The molecular weight excluding hydrogens is 385 g/mol. The van der Waals surface area contributed by atoms with Gasteiger partial charge in [0, 0.05) is 18.9 Å². The van der Waals surface area contributed by atoms with Crippen LogP contribution in [0.3, 0.4) is 0 Å². The van der Waals surface area contributed by atoms with Gasteiger partial charge in [-0.2, -0.15) is 17.5 Å². The lowest BCUT2D eigenvalue weighted by atomic mass is 10.2. The van der Waals surface area contributed by atoms with Crippen LogP contribution in [0.25, 0.3) is 0 Å². The average molecular weight is 401 g/mol. The minimum atomic E-state index is -5.17. The van der Waals surface area contributed by atoms with Crippen molar-refractivity contribution in [2.24, 2.45) is 4.36 Å². The number of hydrogen-bond acceptors (Lipinski definition) is 6. The van der Waals surface area contributed by atoms with Gasteiger partial charge in [0.25, 0.3) is 0 Å². The quantitative estimate of drug-likeness (QED) is 0.722. The van der Waals surface area contributed by atoms with Crippen LogP contribution in [0.5, 0.6) is 0 Å². The molecule has 25 heavy (non-hydrogen) atoms. The van der Waals surface area contributed by atoms with Crippen molar-refractivity contribution in [3.8, 4) is 0 Å². The zero-order valence-corrected chi connectivity index (χ0v) is 15.0. The van der Waals surface area contributed by atoms with E-state index in [1.54, 1.807) is 0 Å². The molecule has 1 aromatic heterocycles. The molecule has 0 radical (unpaired) electrons. The Hall–Kier alpha value is -1.46. The first-order valence-electron chi connectivity index (χ1n) is 7.17. The molecule has 2 heterocycles. The van der Waals surface area contributed by atoms with Crippen LogP contribution in [0.2, 0.25) is 5.28 Å². The number of morpholine rings is 1. The van der Waals surface area contributed by atoms with Gasteiger partial charge in [0.1, 0.15) is 5.82 Å². The van der Waals surface area contributed by atoms with E-state index in [-0.39, 0.29) is 17.0 Å². The summed E-state index contributed by atoms with van der Waals surface area (Å²) in [5, 5.41) is -0.136. The summed E-state index contributed by atoms with van der Waals surface area (Å²) in [6, 6.07) is 1.49. The zero-order chi connectivity index (χ0) is 18.8. The Labute approximate surface area is 147 Å². The fourth-order valence-electron chi connectivity index (χ4n) is 2.27. The van der Waals surface area contributed by atoms with Crippen LogP contribution >= 0.6 is 11.6 Å². The molecule has 1 saturated heterocycles. The SMILES string of the molecule is C[C@@H]1COCCN1c1cc(C[S@@](C)(=O)=NC(=O)C(F)(F)F)nc(Cl)n1. The summed E-state index contributed by atoms with van der Waals surface area (Å²) in [7, 11) is -3.48. The van der Waals surface area contributed by atoms with Gasteiger partial charge in [0.05, 0.1) is 40.4 Å². The second-order valence-corrected chi connectivity index (χ2v) is 8.33. The highest BCUT2D eigenvalue weighted by Gasteiger charge is 2.39. The van der Waals surface area contributed by atoms with E-state index in [9.17, 15) is 22.2 Å². The molecule has 1 amide bonds. The number of ether oxygens (including phenoxy) is 1. The van der Waals surface area contributed by atoms with Crippen molar-refractivity contribution in [3.63, 3.8) is 0 Å². The molecule has 0 unspecified atom stereocenters. The first-order valence-corrected chi connectivity index (χ1v) is 9.64. The monoisotopic (exact) mass is 400 g/mol. The first kappa shape index (κ1) is 19.9. The number of anilines is 1. The van der Waals surface area contributed by atoms with E-state index in [0.717, 1.165) is 6.26 Å². The van der Waals surface area contributed by atoms with Gasteiger partial charge in [0.15, 0.2) is 0 Å². The van der Waals surface area contributed by atoms with Crippen molar-refractivity contribution in [2.45, 2.75) is 24.9 Å². The maximum Gasteiger partial charge on any atom is 0.474 e. The largest absolute Gasteiger partial charge is 0.474 e. The molecule has 0 aliphatic carbocycles. The molecule has 12 heteroatoms. The van der Waals surface area contributed by atoms with Crippen LogP contribution < -0.4 is 4.90 Å². The van der Waals surface area contributed by atoms with Crippen molar-refractivity contribution in [1.29, 1.82) is 0 Å². The minimum Gasteiger partial charge on any atom is -0.377 e. The van der Waals surface area contributed by atoms with Crippen LogP contribution in [0, 0.1) is 0 Å². The molecule has 1 fully saturated rings. The van der Waals surface area contributed by atoms with Gasteiger partial charge in [-0.1, -0.05) is 0 Å². The van der Waals surface area contributed by atoms with Gasteiger partial charge in [-0.25, -0.2) is 14.2 Å². The van der Waals surface area contributed by atoms with Crippen LogP contribution in [-0.2, 0) is 25.0 Å². The molecular formula is C13H16ClF3N4O3S. The number of hydrogen-bond donors (Lipinski definition) is 0. The molecule has 2 rings (SSSR count). The maximum atomic E-state index is 12.3. The lowest BCUT2D eigenvalue weighted by Gasteiger charge is -2.34. The number of alkyl halides is 3. The Balaban J connectivity index is 2.29. The molecule has 1 aromatic rings. The number of carbonyl (C=O) groups excluding carboxylic acids is 1. The summed E-state index contributed by atoms with van der Waals surface area (Å²) in [6.45, 7) is 3.43. The number of aromatic nitrogens is 2. The normalized spacial score (nSPS) is 20.9. The molecule has 0 saturated carbocycles. The van der Waals surface area contributed by atoms with Gasteiger partial charge in [-0.05, 0) is 18.5 Å². The molecule has 140 valence electrons. The maximum absolute atomic E-state index is 12.3. The molecule has 1 aliphatic heterocycles. The van der Waals surface area contributed by atoms with Crippen molar-refractivity contribution >= 4 is 33.1 Å². The van der Waals surface area contributed by atoms with E-state index < -0.39 is 27.6 Å². The van der Waals surface area contributed by atoms with E-state index in [0.29, 0.717) is 25.6 Å². The highest BCUT2D eigenvalue weighted by Crippen LogP contribution is 2.22. The highest BCUT2D eigenvalue weighted by molar-refractivity contribution is 7.92. The molecule has 0 N–H and O–H groups in total. The van der Waals surface area contributed by atoms with Gasteiger partial charge in [0.2, 0.25) is 5.28 Å². The first-order chi connectivity index (χ1) is 11.5. The Bertz CT molecular complexity index is 780. The van der Waals surface area contributed by atoms with E-state index >= 15 is 0 Å².